The van der Waals surface area contributed by atoms with Gasteiger partial charge in [0, 0.05) is 12.8 Å². The molecule has 0 atom stereocenters. The Morgan fingerprint density at radius 1 is 1.37 bits per heavy atom. The van der Waals surface area contributed by atoms with Crippen molar-refractivity contribution in [2.24, 2.45) is 0 Å². The van der Waals surface area contributed by atoms with Crippen LogP contribution in [0.15, 0.2) is 34.9 Å². The topological polar surface area (TPSA) is 81.2 Å². The van der Waals surface area contributed by atoms with Crippen LogP contribution in [-0.2, 0) is 11.2 Å². The average Bonchev–Trinajstić information content (AvgIpc) is 2.78. The number of aryl methyl sites for hydroxylation is 2. The van der Waals surface area contributed by atoms with Gasteiger partial charge in [-0.1, -0.05) is 0 Å². The minimum atomic E-state index is -0.0325. The van der Waals surface area contributed by atoms with Crippen LogP contribution in [0.4, 0.5) is 11.5 Å². The van der Waals surface area contributed by atoms with Crippen LogP contribution in [0.25, 0.3) is 0 Å². The minimum absolute atomic E-state index is 0.0325. The van der Waals surface area contributed by atoms with Crippen molar-refractivity contribution < 1.29 is 9.21 Å². The number of pyridine rings is 1. The number of anilines is 2. The zero-order valence-corrected chi connectivity index (χ0v) is 10.8. The highest BCUT2D eigenvalue weighted by atomic mass is 16.3. The number of nitrogens with two attached hydrogens (primary N) is 1. The molecule has 0 fully saturated rings. The van der Waals surface area contributed by atoms with E-state index in [4.69, 9.17) is 10.2 Å². The maximum absolute atomic E-state index is 11.7. The van der Waals surface area contributed by atoms with Crippen molar-refractivity contribution in [3.63, 3.8) is 0 Å². The Hall–Kier alpha value is -2.30. The molecule has 100 valence electrons. The van der Waals surface area contributed by atoms with Crippen molar-refractivity contribution in [1.29, 1.82) is 0 Å². The third-order valence-electron chi connectivity index (χ3n) is 2.69. The van der Waals surface area contributed by atoms with Gasteiger partial charge in [0.05, 0.1) is 11.9 Å². The van der Waals surface area contributed by atoms with Gasteiger partial charge in [-0.2, -0.15) is 0 Å². The van der Waals surface area contributed by atoms with Gasteiger partial charge in [0.15, 0.2) is 0 Å². The van der Waals surface area contributed by atoms with Crippen LogP contribution in [0, 0.1) is 6.92 Å². The van der Waals surface area contributed by atoms with Crippen molar-refractivity contribution >= 4 is 17.4 Å². The molecule has 0 saturated heterocycles. The van der Waals surface area contributed by atoms with Gasteiger partial charge in [-0.25, -0.2) is 4.98 Å². The molecule has 0 aliphatic rings. The molecular weight excluding hydrogens is 242 g/mol. The summed E-state index contributed by atoms with van der Waals surface area (Å²) in [7, 11) is 0. The molecule has 0 aliphatic heterocycles. The molecular formula is C14H17N3O2. The van der Waals surface area contributed by atoms with Gasteiger partial charge in [0.25, 0.3) is 0 Å². The molecule has 5 heteroatoms. The molecule has 0 spiro atoms. The molecule has 0 bridgehead atoms. The van der Waals surface area contributed by atoms with E-state index >= 15 is 0 Å². The lowest BCUT2D eigenvalue weighted by Crippen LogP contribution is -2.11. The Balaban J connectivity index is 1.74. The number of nitrogen functional groups attached to an aromatic ring is 1. The number of nitrogens with zero attached hydrogens (tertiary/aromatic N) is 1. The van der Waals surface area contributed by atoms with Gasteiger partial charge in [-0.05, 0) is 37.6 Å². The Kier molecular flexibility index (Phi) is 4.18. The van der Waals surface area contributed by atoms with Gasteiger partial charge >= 0.3 is 0 Å². The van der Waals surface area contributed by atoms with E-state index in [0.717, 1.165) is 24.4 Å². The zero-order chi connectivity index (χ0) is 13.7. The molecule has 0 aliphatic carbocycles. The number of carbonyl (C=O) groups excluding carboxylic acids is 1. The lowest BCUT2D eigenvalue weighted by Gasteiger charge is -2.04. The van der Waals surface area contributed by atoms with E-state index in [9.17, 15) is 4.79 Å². The van der Waals surface area contributed by atoms with Gasteiger partial charge < -0.3 is 15.5 Å². The van der Waals surface area contributed by atoms with Crippen molar-refractivity contribution in [1.82, 2.24) is 4.98 Å². The summed E-state index contributed by atoms with van der Waals surface area (Å²) in [5, 5.41) is 2.77. The quantitative estimate of drug-likeness (QED) is 0.864. The summed E-state index contributed by atoms with van der Waals surface area (Å²) in [5.41, 5.74) is 6.13. The maximum Gasteiger partial charge on any atom is 0.224 e. The molecule has 0 aromatic carbocycles. The summed E-state index contributed by atoms with van der Waals surface area (Å²) in [5.74, 6) is 2.22. The Morgan fingerprint density at radius 3 is 2.84 bits per heavy atom. The monoisotopic (exact) mass is 259 g/mol. The van der Waals surface area contributed by atoms with E-state index in [1.165, 1.54) is 0 Å². The second-order valence-corrected chi connectivity index (χ2v) is 4.39. The Labute approximate surface area is 111 Å². The highest BCUT2D eigenvalue weighted by Crippen LogP contribution is 2.11. The van der Waals surface area contributed by atoms with Crippen LogP contribution in [0.1, 0.15) is 24.4 Å². The molecule has 2 heterocycles. The van der Waals surface area contributed by atoms with Gasteiger partial charge in [-0.15, -0.1) is 0 Å². The summed E-state index contributed by atoms with van der Waals surface area (Å²) in [4.78, 5) is 15.6. The first kappa shape index (κ1) is 13.1. The van der Waals surface area contributed by atoms with E-state index in [2.05, 4.69) is 10.3 Å². The van der Waals surface area contributed by atoms with Gasteiger partial charge in [0.2, 0.25) is 5.91 Å². The molecule has 1 amide bonds. The Morgan fingerprint density at radius 2 is 2.21 bits per heavy atom. The number of carbonyl (C=O) groups is 1. The van der Waals surface area contributed by atoms with Crippen molar-refractivity contribution in [3.05, 3.63) is 42.0 Å². The fourth-order valence-corrected chi connectivity index (χ4v) is 1.75. The Bertz CT molecular complexity index is 546. The van der Waals surface area contributed by atoms with Crippen LogP contribution in [-0.4, -0.2) is 10.9 Å². The molecule has 0 saturated carbocycles. The molecule has 2 aromatic heterocycles. The van der Waals surface area contributed by atoms with Crippen LogP contribution >= 0.6 is 0 Å². The van der Waals surface area contributed by atoms with Crippen LogP contribution in [0.3, 0.4) is 0 Å². The molecule has 0 unspecified atom stereocenters. The van der Waals surface area contributed by atoms with Crippen LogP contribution in [0.2, 0.25) is 0 Å². The van der Waals surface area contributed by atoms with Crippen LogP contribution < -0.4 is 11.1 Å². The van der Waals surface area contributed by atoms with E-state index in [1.54, 1.807) is 18.3 Å². The predicted molar refractivity (Wildman–Crippen MR) is 73.7 cm³/mol. The minimum Gasteiger partial charge on any atom is -0.466 e. The highest BCUT2D eigenvalue weighted by Gasteiger charge is 2.04. The van der Waals surface area contributed by atoms with E-state index in [0.29, 0.717) is 17.9 Å². The number of furan rings is 1. The third-order valence-corrected chi connectivity index (χ3v) is 2.69. The second kappa shape index (κ2) is 6.04. The van der Waals surface area contributed by atoms with E-state index < -0.39 is 0 Å². The number of hydrogen-bond donors (Lipinski definition) is 2. The highest BCUT2D eigenvalue weighted by molar-refractivity contribution is 5.90. The lowest BCUT2D eigenvalue weighted by molar-refractivity contribution is -0.116. The molecule has 3 N–H and O–H groups in total. The summed E-state index contributed by atoms with van der Waals surface area (Å²) in [6, 6.07) is 7.25. The number of rotatable bonds is 5. The predicted octanol–water partition coefficient (Wildman–Crippen LogP) is 2.53. The lowest BCUT2D eigenvalue weighted by atomic mass is 10.2. The second-order valence-electron chi connectivity index (χ2n) is 4.39. The molecule has 5 nitrogen and oxygen atoms in total. The summed E-state index contributed by atoms with van der Waals surface area (Å²) < 4.78 is 5.44. The van der Waals surface area contributed by atoms with Crippen molar-refractivity contribution in [3.8, 4) is 0 Å². The standard InChI is InChI=1S/C14H17N3O2/c1-10-5-7-12(19-10)3-2-4-14(18)17-11-6-8-13(15)16-9-11/h5-9H,2-4H2,1H3,(H2,15,16)(H,17,18). The molecule has 2 rings (SSSR count). The SMILES string of the molecule is Cc1ccc(CCCC(=O)Nc2ccc(N)nc2)o1. The molecule has 0 radical (unpaired) electrons. The third kappa shape index (κ3) is 4.13. The number of nitrogens with one attached hydrogen (secondary N) is 1. The first-order valence-electron chi connectivity index (χ1n) is 6.20. The smallest absolute Gasteiger partial charge is 0.224 e. The summed E-state index contributed by atoms with van der Waals surface area (Å²) >= 11 is 0. The summed E-state index contributed by atoms with van der Waals surface area (Å²) in [6.45, 7) is 1.91. The van der Waals surface area contributed by atoms with Gasteiger partial charge in [-0.3, -0.25) is 4.79 Å². The number of amides is 1. The summed E-state index contributed by atoms with van der Waals surface area (Å²) in [6.07, 6.45) is 3.51. The largest absolute Gasteiger partial charge is 0.466 e. The van der Waals surface area contributed by atoms with Crippen LogP contribution in [0.5, 0.6) is 0 Å². The molecule has 19 heavy (non-hydrogen) atoms. The zero-order valence-electron chi connectivity index (χ0n) is 10.8. The van der Waals surface area contributed by atoms with E-state index in [-0.39, 0.29) is 5.91 Å². The first-order valence-corrected chi connectivity index (χ1v) is 6.20. The molecule has 2 aromatic rings. The maximum atomic E-state index is 11.7. The van der Waals surface area contributed by atoms with Crippen molar-refractivity contribution in [2.45, 2.75) is 26.2 Å². The van der Waals surface area contributed by atoms with Crippen molar-refractivity contribution in [2.75, 3.05) is 11.1 Å². The van der Waals surface area contributed by atoms with Gasteiger partial charge in [0.1, 0.15) is 17.3 Å². The fraction of sp³-hybridized carbons (Fsp3) is 0.286. The first-order chi connectivity index (χ1) is 9.13. The number of aromatic nitrogens is 1. The fourth-order valence-electron chi connectivity index (χ4n) is 1.75. The average molecular weight is 259 g/mol. The van der Waals surface area contributed by atoms with E-state index in [1.807, 2.05) is 19.1 Å². The number of hydrogen-bond acceptors (Lipinski definition) is 4. The normalized spacial score (nSPS) is 10.4.